The van der Waals surface area contributed by atoms with Crippen molar-refractivity contribution in [2.45, 2.75) is 58.9 Å². The van der Waals surface area contributed by atoms with Crippen LogP contribution >= 0.6 is 11.3 Å². The number of carbonyl (C=O) groups is 1. The highest BCUT2D eigenvalue weighted by Crippen LogP contribution is 2.26. The van der Waals surface area contributed by atoms with Gasteiger partial charge < -0.3 is 4.90 Å². The van der Waals surface area contributed by atoms with Crippen LogP contribution in [0.15, 0.2) is 4.79 Å². The van der Waals surface area contributed by atoms with Crippen molar-refractivity contribution in [2.75, 3.05) is 13.1 Å². The second-order valence-electron chi connectivity index (χ2n) is 6.73. The van der Waals surface area contributed by atoms with Crippen LogP contribution in [0.5, 0.6) is 0 Å². The van der Waals surface area contributed by atoms with Gasteiger partial charge >= 0.3 is 0 Å². The van der Waals surface area contributed by atoms with Crippen LogP contribution in [0, 0.1) is 6.92 Å². The number of hydrogen-bond donors (Lipinski definition) is 0. The van der Waals surface area contributed by atoms with Crippen molar-refractivity contribution in [1.82, 2.24) is 19.7 Å². The van der Waals surface area contributed by atoms with Gasteiger partial charge in [-0.05, 0) is 19.8 Å². The summed E-state index contributed by atoms with van der Waals surface area (Å²) < 4.78 is 2.12. The van der Waals surface area contributed by atoms with Crippen LogP contribution in [0.25, 0.3) is 10.2 Å². The molecule has 2 aromatic heterocycles. The van der Waals surface area contributed by atoms with Crippen molar-refractivity contribution in [3.63, 3.8) is 0 Å². The topological polar surface area (TPSA) is 68.1 Å². The molecule has 1 aliphatic rings. The molecule has 0 radical (unpaired) electrons. The molecule has 7 heteroatoms. The van der Waals surface area contributed by atoms with Crippen molar-refractivity contribution < 1.29 is 4.79 Å². The summed E-state index contributed by atoms with van der Waals surface area (Å²) in [6, 6.07) is 0. The molecule has 0 aliphatic carbocycles. The SMILES string of the molecule is Cc1nn(CC(=O)N2CCCCCC2)c(=O)c2nc(C(C)C)sc12. The molecule has 0 bridgehead atoms. The molecular weight excluding hydrogens is 324 g/mol. The number of amides is 1. The van der Waals surface area contributed by atoms with E-state index in [1.165, 1.54) is 28.9 Å². The summed E-state index contributed by atoms with van der Waals surface area (Å²) in [6.07, 6.45) is 4.42. The number of carbonyl (C=O) groups excluding carboxylic acids is 1. The maximum Gasteiger partial charge on any atom is 0.294 e. The highest BCUT2D eigenvalue weighted by atomic mass is 32.1. The molecule has 1 fully saturated rings. The Hall–Kier alpha value is -1.76. The third-order valence-corrected chi connectivity index (χ3v) is 5.88. The van der Waals surface area contributed by atoms with Crippen LogP contribution in [0.1, 0.15) is 56.2 Å². The van der Waals surface area contributed by atoms with Crippen LogP contribution in [0.2, 0.25) is 0 Å². The summed E-state index contributed by atoms with van der Waals surface area (Å²) >= 11 is 1.52. The monoisotopic (exact) mass is 348 g/mol. The van der Waals surface area contributed by atoms with Crippen LogP contribution < -0.4 is 5.56 Å². The number of aryl methyl sites for hydroxylation is 1. The molecule has 1 amide bonds. The summed E-state index contributed by atoms with van der Waals surface area (Å²) in [5, 5.41) is 5.29. The molecule has 3 rings (SSSR count). The largest absolute Gasteiger partial charge is 0.341 e. The Morgan fingerprint density at radius 3 is 2.50 bits per heavy atom. The Morgan fingerprint density at radius 2 is 1.88 bits per heavy atom. The van der Waals surface area contributed by atoms with Crippen molar-refractivity contribution >= 4 is 27.5 Å². The summed E-state index contributed by atoms with van der Waals surface area (Å²) in [6.45, 7) is 7.55. The van der Waals surface area contributed by atoms with Gasteiger partial charge in [0.05, 0.1) is 15.4 Å². The van der Waals surface area contributed by atoms with Crippen molar-refractivity contribution in [3.8, 4) is 0 Å². The van der Waals surface area contributed by atoms with Gasteiger partial charge in [0.15, 0.2) is 5.52 Å². The zero-order valence-electron chi connectivity index (χ0n) is 14.5. The van der Waals surface area contributed by atoms with Crippen molar-refractivity contribution in [1.29, 1.82) is 0 Å². The lowest BCUT2D eigenvalue weighted by Crippen LogP contribution is -2.38. The third kappa shape index (κ3) is 3.36. The van der Waals surface area contributed by atoms with E-state index >= 15 is 0 Å². The van der Waals surface area contributed by atoms with Gasteiger partial charge in [-0.2, -0.15) is 5.10 Å². The predicted molar refractivity (Wildman–Crippen MR) is 95.5 cm³/mol. The molecule has 0 unspecified atom stereocenters. The normalized spacial score (nSPS) is 15.9. The lowest BCUT2D eigenvalue weighted by atomic mass is 10.2. The molecule has 3 heterocycles. The average Bonchev–Trinajstić information content (AvgIpc) is 2.82. The molecular formula is C17H24N4O2S. The number of thiazole rings is 1. The average molecular weight is 348 g/mol. The Kier molecular flexibility index (Phi) is 4.99. The highest BCUT2D eigenvalue weighted by molar-refractivity contribution is 7.18. The Bertz CT molecular complexity index is 801. The van der Waals surface area contributed by atoms with Crippen molar-refractivity contribution in [3.05, 3.63) is 21.1 Å². The minimum Gasteiger partial charge on any atom is -0.341 e. The molecule has 0 N–H and O–H groups in total. The van der Waals surface area contributed by atoms with E-state index in [0.29, 0.717) is 5.52 Å². The first-order valence-electron chi connectivity index (χ1n) is 8.63. The summed E-state index contributed by atoms with van der Waals surface area (Å²) in [5.41, 5.74) is 0.944. The van der Waals surface area contributed by atoms with E-state index in [9.17, 15) is 9.59 Å². The predicted octanol–water partition coefficient (Wildman–Crippen LogP) is 2.69. The van der Waals surface area contributed by atoms with E-state index in [-0.39, 0.29) is 23.9 Å². The molecule has 130 valence electrons. The van der Waals surface area contributed by atoms with Gasteiger partial charge in [0.2, 0.25) is 5.91 Å². The summed E-state index contributed by atoms with van der Waals surface area (Å²) in [5.74, 6) is 0.248. The van der Waals surface area contributed by atoms with E-state index in [0.717, 1.165) is 41.3 Å². The number of likely N-dealkylation sites (tertiary alicyclic amines) is 1. The van der Waals surface area contributed by atoms with Gasteiger partial charge in [-0.25, -0.2) is 9.67 Å². The number of nitrogens with zero attached hydrogens (tertiary/aromatic N) is 4. The Morgan fingerprint density at radius 1 is 1.21 bits per heavy atom. The molecule has 24 heavy (non-hydrogen) atoms. The quantitative estimate of drug-likeness (QED) is 0.855. The molecule has 0 spiro atoms. The van der Waals surface area contributed by atoms with Crippen molar-refractivity contribution in [2.24, 2.45) is 0 Å². The van der Waals surface area contributed by atoms with E-state index < -0.39 is 0 Å². The molecule has 0 aromatic carbocycles. The first-order valence-corrected chi connectivity index (χ1v) is 9.45. The molecule has 6 nitrogen and oxygen atoms in total. The smallest absolute Gasteiger partial charge is 0.294 e. The molecule has 0 atom stereocenters. The maximum absolute atomic E-state index is 12.7. The van der Waals surface area contributed by atoms with Crippen LogP contribution in [-0.2, 0) is 11.3 Å². The van der Waals surface area contributed by atoms with E-state index in [2.05, 4.69) is 23.9 Å². The first-order chi connectivity index (χ1) is 11.5. The van der Waals surface area contributed by atoms with E-state index in [1.807, 2.05) is 11.8 Å². The summed E-state index contributed by atoms with van der Waals surface area (Å²) in [7, 11) is 0. The van der Waals surface area contributed by atoms with Gasteiger partial charge in [0.1, 0.15) is 6.54 Å². The van der Waals surface area contributed by atoms with Gasteiger partial charge in [-0.15, -0.1) is 11.3 Å². The Labute approximate surface area is 145 Å². The molecule has 1 saturated heterocycles. The highest BCUT2D eigenvalue weighted by Gasteiger charge is 2.20. The zero-order chi connectivity index (χ0) is 17.3. The number of aromatic nitrogens is 3. The van der Waals surface area contributed by atoms with Crippen LogP contribution in [-0.4, -0.2) is 38.7 Å². The minimum absolute atomic E-state index is 0.00412. The van der Waals surface area contributed by atoms with Gasteiger partial charge in [-0.3, -0.25) is 9.59 Å². The van der Waals surface area contributed by atoms with Gasteiger partial charge in [-0.1, -0.05) is 26.7 Å². The number of fused-ring (bicyclic) bond motifs is 1. The van der Waals surface area contributed by atoms with E-state index in [4.69, 9.17) is 0 Å². The molecule has 1 aliphatic heterocycles. The fraction of sp³-hybridized carbons (Fsp3) is 0.647. The third-order valence-electron chi connectivity index (χ3n) is 4.42. The number of rotatable bonds is 3. The van der Waals surface area contributed by atoms with Gasteiger partial charge in [0.25, 0.3) is 5.56 Å². The van der Waals surface area contributed by atoms with E-state index in [1.54, 1.807) is 0 Å². The Balaban J connectivity index is 1.90. The standard InChI is InChI=1S/C17H24N4O2S/c1-11(2)16-18-14-15(24-16)12(3)19-21(17(14)23)10-13(22)20-8-6-4-5-7-9-20/h11H,4-10H2,1-3H3. The zero-order valence-corrected chi connectivity index (χ0v) is 15.4. The maximum atomic E-state index is 12.7. The minimum atomic E-state index is -0.262. The van der Waals surface area contributed by atoms with Crippen LogP contribution in [0.4, 0.5) is 0 Å². The lowest BCUT2D eigenvalue weighted by molar-refractivity contribution is -0.132. The molecule has 2 aromatic rings. The fourth-order valence-corrected chi connectivity index (χ4v) is 4.02. The second kappa shape index (κ2) is 7.01. The van der Waals surface area contributed by atoms with Crippen LogP contribution in [0.3, 0.4) is 0 Å². The molecule has 0 saturated carbocycles. The lowest BCUT2D eigenvalue weighted by Gasteiger charge is -2.20. The van der Waals surface area contributed by atoms with Gasteiger partial charge in [0, 0.05) is 19.0 Å². The fourth-order valence-electron chi connectivity index (χ4n) is 3.02. The second-order valence-corrected chi connectivity index (χ2v) is 7.76. The number of hydrogen-bond acceptors (Lipinski definition) is 5. The first kappa shape index (κ1) is 17.1. The summed E-state index contributed by atoms with van der Waals surface area (Å²) in [4.78, 5) is 31.6.